The Kier molecular flexibility index (Phi) is 6.29. The van der Waals surface area contributed by atoms with Crippen molar-refractivity contribution in [3.05, 3.63) is 45.9 Å². The summed E-state index contributed by atoms with van der Waals surface area (Å²) in [6.07, 6.45) is 6.67. The summed E-state index contributed by atoms with van der Waals surface area (Å²) in [5.74, 6) is 1.66. The second-order valence-electron chi connectivity index (χ2n) is 7.38. The van der Waals surface area contributed by atoms with Gasteiger partial charge < -0.3 is 10.6 Å². The average molecular weight is 417 g/mol. The molecule has 4 rings (SSSR count). The minimum atomic E-state index is 0.393. The normalized spacial score (nSPS) is 17.9. The molecule has 8 heteroatoms. The zero-order valence-electron chi connectivity index (χ0n) is 16.5. The molecule has 0 amide bonds. The van der Waals surface area contributed by atoms with Gasteiger partial charge in [0.2, 0.25) is 0 Å². The molecular formula is C20H28N6S2. The lowest BCUT2D eigenvalue weighted by Gasteiger charge is -2.36. The molecule has 1 aliphatic heterocycles. The number of thiophene rings is 1. The van der Waals surface area contributed by atoms with Crippen LogP contribution in [0.25, 0.3) is 4.96 Å². The molecule has 0 radical (unpaired) electrons. The Balaban J connectivity index is 1.35. The van der Waals surface area contributed by atoms with E-state index in [0.29, 0.717) is 12.6 Å². The van der Waals surface area contributed by atoms with Crippen LogP contribution in [0.3, 0.4) is 0 Å². The van der Waals surface area contributed by atoms with E-state index in [0.717, 1.165) is 29.1 Å². The number of fused-ring (bicyclic) bond motifs is 1. The third-order valence-corrected chi connectivity index (χ3v) is 7.14. The first kappa shape index (κ1) is 19.4. The van der Waals surface area contributed by atoms with Gasteiger partial charge in [-0.15, -0.1) is 22.7 Å². The molecule has 0 aromatic carbocycles. The minimum Gasteiger partial charge on any atom is -0.354 e. The quantitative estimate of drug-likeness (QED) is 0.476. The summed E-state index contributed by atoms with van der Waals surface area (Å²) in [5.41, 5.74) is 1.02. The van der Waals surface area contributed by atoms with Crippen LogP contribution < -0.4 is 10.6 Å². The summed E-state index contributed by atoms with van der Waals surface area (Å²) in [6.45, 7) is 6.22. The molecule has 0 spiro atoms. The van der Waals surface area contributed by atoms with Gasteiger partial charge in [0.05, 0.1) is 18.3 Å². The van der Waals surface area contributed by atoms with Gasteiger partial charge in [-0.1, -0.05) is 13.0 Å². The smallest absolute Gasteiger partial charge is 0.193 e. The van der Waals surface area contributed by atoms with Crippen molar-refractivity contribution in [2.24, 2.45) is 10.9 Å². The Hall–Kier alpha value is -1.90. The predicted molar refractivity (Wildman–Crippen MR) is 118 cm³/mol. The fourth-order valence-corrected chi connectivity index (χ4v) is 5.26. The standard InChI is InChI=1S/C20H28N6S2/c1-15-5-7-25(8-6-15)17(18-4-3-10-27-18)13-23-19(21-2)22-12-16-14-26-9-11-28-20(26)24-16/h3-4,9-11,14-15,17H,5-8,12-13H2,1-2H3,(H2,21,22,23). The van der Waals surface area contributed by atoms with Crippen molar-refractivity contribution in [3.8, 4) is 0 Å². The van der Waals surface area contributed by atoms with Gasteiger partial charge in [0.1, 0.15) is 0 Å². The van der Waals surface area contributed by atoms with E-state index in [-0.39, 0.29) is 0 Å². The van der Waals surface area contributed by atoms with Crippen molar-refractivity contribution in [1.29, 1.82) is 0 Å². The number of piperidine rings is 1. The van der Waals surface area contributed by atoms with Crippen molar-refractivity contribution in [2.75, 3.05) is 26.7 Å². The molecule has 3 aromatic heterocycles. The maximum Gasteiger partial charge on any atom is 0.193 e. The zero-order chi connectivity index (χ0) is 19.3. The molecule has 1 atom stereocenters. The summed E-state index contributed by atoms with van der Waals surface area (Å²) in [6, 6.07) is 4.80. The van der Waals surface area contributed by atoms with Gasteiger partial charge in [-0.25, -0.2) is 4.98 Å². The second kappa shape index (κ2) is 9.07. The van der Waals surface area contributed by atoms with E-state index in [1.165, 1.54) is 30.8 Å². The monoisotopic (exact) mass is 416 g/mol. The Bertz CT molecular complexity index is 860. The van der Waals surface area contributed by atoms with Crippen LogP contribution in [0.4, 0.5) is 0 Å². The van der Waals surface area contributed by atoms with E-state index in [9.17, 15) is 0 Å². The predicted octanol–water partition coefficient (Wildman–Crippen LogP) is 3.60. The van der Waals surface area contributed by atoms with Crippen molar-refractivity contribution >= 4 is 33.6 Å². The molecule has 4 heterocycles. The molecule has 0 saturated carbocycles. The van der Waals surface area contributed by atoms with Crippen molar-refractivity contribution in [3.63, 3.8) is 0 Å². The van der Waals surface area contributed by atoms with E-state index in [4.69, 9.17) is 0 Å². The molecule has 0 bridgehead atoms. The number of rotatable bonds is 6. The van der Waals surface area contributed by atoms with Crippen molar-refractivity contribution in [1.82, 2.24) is 24.9 Å². The third kappa shape index (κ3) is 4.56. The Morgan fingerprint density at radius 2 is 2.14 bits per heavy atom. The van der Waals surface area contributed by atoms with Crippen LogP contribution >= 0.6 is 22.7 Å². The number of hydrogen-bond donors (Lipinski definition) is 2. The largest absolute Gasteiger partial charge is 0.354 e. The van der Waals surface area contributed by atoms with Crippen LogP contribution in [0.1, 0.15) is 36.4 Å². The molecular weight excluding hydrogens is 388 g/mol. The Morgan fingerprint density at radius 3 is 2.86 bits per heavy atom. The highest BCUT2D eigenvalue weighted by atomic mass is 32.1. The Morgan fingerprint density at radius 1 is 1.29 bits per heavy atom. The van der Waals surface area contributed by atoms with Gasteiger partial charge >= 0.3 is 0 Å². The second-order valence-corrected chi connectivity index (χ2v) is 9.23. The third-order valence-electron chi connectivity index (χ3n) is 5.40. The molecule has 1 aliphatic rings. The number of likely N-dealkylation sites (tertiary alicyclic amines) is 1. The summed E-state index contributed by atoms with van der Waals surface area (Å²) in [5, 5.41) is 11.2. The highest BCUT2D eigenvalue weighted by Crippen LogP contribution is 2.29. The number of imidazole rings is 1. The van der Waals surface area contributed by atoms with Gasteiger partial charge in [-0.3, -0.25) is 14.3 Å². The van der Waals surface area contributed by atoms with Crippen LogP contribution in [-0.2, 0) is 6.54 Å². The highest BCUT2D eigenvalue weighted by molar-refractivity contribution is 7.15. The maximum absolute atomic E-state index is 4.63. The molecule has 3 aromatic rings. The van der Waals surface area contributed by atoms with Crippen LogP contribution in [-0.4, -0.2) is 46.9 Å². The molecule has 28 heavy (non-hydrogen) atoms. The zero-order valence-corrected chi connectivity index (χ0v) is 18.1. The fraction of sp³-hybridized carbons (Fsp3) is 0.500. The number of thiazole rings is 1. The van der Waals surface area contributed by atoms with E-state index < -0.39 is 0 Å². The van der Waals surface area contributed by atoms with E-state index in [1.807, 2.05) is 30.0 Å². The first-order chi connectivity index (χ1) is 13.7. The van der Waals surface area contributed by atoms with E-state index >= 15 is 0 Å². The van der Waals surface area contributed by atoms with Crippen LogP contribution in [0.2, 0.25) is 0 Å². The van der Waals surface area contributed by atoms with Crippen LogP contribution in [0, 0.1) is 5.92 Å². The molecule has 2 N–H and O–H groups in total. The fourth-order valence-electron chi connectivity index (χ4n) is 3.68. The number of hydrogen-bond acceptors (Lipinski definition) is 5. The van der Waals surface area contributed by atoms with Crippen LogP contribution in [0.15, 0.2) is 40.3 Å². The molecule has 1 fully saturated rings. The van der Waals surface area contributed by atoms with Gasteiger partial charge in [0.25, 0.3) is 0 Å². The maximum atomic E-state index is 4.63. The number of nitrogens with zero attached hydrogens (tertiary/aromatic N) is 4. The number of nitrogens with one attached hydrogen (secondary N) is 2. The van der Waals surface area contributed by atoms with Gasteiger partial charge in [-0.05, 0) is 43.3 Å². The van der Waals surface area contributed by atoms with E-state index in [2.05, 4.69) is 60.5 Å². The Labute approximate surface area is 174 Å². The van der Waals surface area contributed by atoms with Gasteiger partial charge in [-0.2, -0.15) is 0 Å². The lowest BCUT2D eigenvalue weighted by Crippen LogP contribution is -2.44. The molecule has 150 valence electrons. The lowest BCUT2D eigenvalue weighted by atomic mass is 9.97. The summed E-state index contributed by atoms with van der Waals surface area (Å²) in [4.78, 5) is 14.1. The van der Waals surface area contributed by atoms with E-state index in [1.54, 1.807) is 11.3 Å². The first-order valence-corrected chi connectivity index (χ1v) is 11.6. The molecule has 1 saturated heterocycles. The highest BCUT2D eigenvalue weighted by Gasteiger charge is 2.25. The lowest BCUT2D eigenvalue weighted by molar-refractivity contribution is 0.140. The molecule has 0 aliphatic carbocycles. The number of aliphatic imine (C=N–C) groups is 1. The first-order valence-electron chi connectivity index (χ1n) is 9.86. The van der Waals surface area contributed by atoms with Crippen LogP contribution in [0.5, 0.6) is 0 Å². The minimum absolute atomic E-state index is 0.393. The summed E-state index contributed by atoms with van der Waals surface area (Å²) in [7, 11) is 1.82. The van der Waals surface area contributed by atoms with Crippen molar-refractivity contribution < 1.29 is 0 Å². The summed E-state index contributed by atoms with van der Waals surface area (Å²) < 4.78 is 2.06. The number of aromatic nitrogens is 2. The topological polar surface area (TPSA) is 57.0 Å². The molecule has 6 nitrogen and oxygen atoms in total. The van der Waals surface area contributed by atoms with Gasteiger partial charge in [0, 0.05) is 36.2 Å². The SMILES string of the molecule is CN=C(NCc1cn2ccsc2n1)NCC(c1cccs1)N1CCC(C)CC1. The molecule has 1 unspecified atom stereocenters. The number of guanidine groups is 1. The summed E-state index contributed by atoms with van der Waals surface area (Å²) >= 11 is 3.50. The van der Waals surface area contributed by atoms with Crippen molar-refractivity contribution in [2.45, 2.75) is 32.4 Å². The average Bonchev–Trinajstić information content (AvgIpc) is 3.43. The van der Waals surface area contributed by atoms with Gasteiger partial charge in [0.15, 0.2) is 10.9 Å².